The van der Waals surface area contributed by atoms with Crippen molar-refractivity contribution in [2.45, 2.75) is 225 Å². The van der Waals surface area contributed by atoms with Crippen molar-refractivity contribution in [3.8, 4) is 20.9 Å². The first kappa shape index (κ1) is 69.3. The Kier molecular flexibility index (Phi) is 26.3. The molecule has 2 aromatic carbocycles. The molecule has 2 fully saturated rings. The van der Waals surface area contributed by atoms with Crippen molar-refractivity contribution in [1.82, 2.24) is 24.7 Å². The van der Waals surface area contributed by atoms with E-state index in [1.54, 1.807) is 120 Å². The van der Waals surface area contributed by atoms with Crippen LogP contribution < -0.4 is 31.1 Å². The molecule has 3 amide bonds. The summed E-state index contributed by atoms with van der Waals surface area (Å²) in [5.74, 6) is 0.575. The van der Waals surface area contributed by atoms with Gasteiger partial charge in [0, 0.05) is 81.5 Å². The molecule has 2 aromatic heterocycles. The number of nitrogens with one attached hydrogen (secondary N) is 5. The van der Waals surface area contributed by atoms with E-state index in [4.69, 9.17) is 31.5 Å². The number of nitrogens with two attached hydrogens (primary N) is 1. The van der Waals surface area contributed by atoms with Crippen molar-refractivity contribution < 1.29 is 55.0 Å². The van der Waals surface area contributed by atoms with Crippen molar-refractivity contribution in [2.75, 3.05) is 10.6 Å². The molecular formula is C55H85ClN8O12S4. The third-order valence-corrected chi connectivity index (χ3v) is 17.4. The largest absolute Gasteiger partial charge is 0.451 e. The smallest absolute Gasteiger partial charge is 0.411 e. The van der Waals surface area contributed by atoms with Crippen LogP contribution in [0.3, 0.4) is 0 Å². The van der Waals surface area contributed by atoms with Crippen LogP contribution in [0.2, 0.25) is 0 Å². The predicted octanol–water partition coefficient (Wildman–Crippen LogP) is 13.2. The van der Waals surface area contributed by atoms with E-state index in [1.165, 1.54) is 34.8 Å². The van der Waals surface area contributed by atoms with Gasteiger partial charge in [-0.3, -0.25) is 10.6 Å². The molecule has 7 N–H and O–H groups in total. The zero-order valence-corrected chi connectivity index (χ0v) is 51.8. The number of halogens is 1. The highest BCUT2D eigenvalue weighted by atomic mass is 35.5. The fraction of sp³-hybridized carbons (Fsp3) is 0.600. The predicted molar refractivity (Wildman–Crippen MR) is 319 cm³/mol. The Bertz CT molecular complexity index is 2900. The number of benzene rings is 2. The molecule has 0 aliphatic heterocycles. The lowest BCUT2D eigenvalue weighted by molar-refractivity contribution is 0.109. The van der Waals surface area contributed by atoms with Gasteiger partial charge < -0.3 is 30.0 Å². The quantitative estimate of drug-likeness (QED) is 0.0477. The van der Waals surface area contributed by atoms with Crippen molar-refractivity contribution in [3.05, 3.63) is 58.8 Å². The van der Waals surface area contributed by atoms with Crippen molar-refractivity contribution >= 4 is 89.4 Å². The fourth-order valence-corrected chi connectivity index (χ4v) is 14.2. The van der Waals surface area contributed by atoms with E-state index in [0.29, 0.717) is 28.4 Å². The van der Waals surface area contributed by atoms with Crippen LogP contribution >= 0.6 is 34.3 Å². The van der Waals surface area contributed by atoms with Gasteiger partial charge in [-0.25, -0.2) is 55.4 Å². The van der Waals surface area contributed by atoms with E-state index in [1.807, 2.05) is 13.8 Å². The number of hydrogen-bond donors (Lipinski definition) is 6. The van der Waals surface area contributed by atoms with Gasteiger partial charge >= 0.3 is 23.7 Å². The molecule has 448 valence electrons. The van der Waals surface area contributed by atoms with Gasteiger partial charge in [0.2, 0.25) is 20.0 Å². The molecule has 0 radical (unpaired) electrons. The van der Waals surface area contributed by atoms with Crippen molar-refractivity contribution in [2.24, 2.45) is 5.73 Å². The van der Waals surface area contributed by atoms with E-state index < -0.39 is 54.8 Å². The summed E-state index contributed by atoms with van der Waals surface area (Å²) < 4.78 is 78.8. The molecular weight excluding hydrogens is 1130 g/mol. The van der Waals surface area contributed by atoms with Crippen LogP contribution in [0.15, 0.2) is 58.6 Å². The average molecular weight is 1210 g/mol. The zero-order valence-electron chi connectivity index (χ0n) is 47.8. The van der Waals surface area contributed by atoms with Gasteiger partial charge in [0.05, 0.1) is 54.0 Å². The molecule has 2 saturated carbocycles. The van der Waals surface area contributed by atoms with Gasteiger partial charge in [0.15, 0.2) is 0 Å². The maximum atomic E-state index is 13.4. The molecule has 4 aromatic rings. The highest BCUT2D eigenvalue weighted by Gasteiger charge is 2.31. The summed E-state index contributed by atoms with van der Waals surface area (Å²) in [6.07, 6.45) is 8.15. The van der Waals surface area contributed by atoms with E-state index in [2.05, 4.69) is 40.1 Å². The first-order valence-corrected chi connectivity index (χ1v) is 31.4. The molecule has 80 heavy (non-hydrogen) atoms. The van der Waals surface area contributed by atoms with E-state index in [9.17, 15) is 36.0 Å². The lowest BCUT2D eigenvalue weighted by atomic mass is 9.86. The maximum Gasteiger partial charge on any atom is 0.411 e. The number of nitrogens with zero attached hydrogens (tertiary/aromatic N) is 2. The number of sulfonamides is 2. The number of amides is 3. The standard InChI is InChI=1S/C27H40N4O6S2.C23H34N4O4S2.C4H7ClO2.CH4/c1-16(2)36-25(32)29-19-10-8-18(9-11-19)24-28-15-22(38-24)21-13-12-20(30-26(33)37-17(3)4)14-23(21)39(34,35)31-27(5,6)7;1-14(2)31-22(28)26-17-10-11-18(20(12-17)33(29,30)27-23(3,4)5)19-13-25-21(32-19)15-6-8-16(24)9-7-15;1-3(2)7-4(5)6;/h12-19,31H,8-11H2,1-7H3,(H,29,32)(H,30,33);10-16,27H,6-9,24H2,1-5H3,(H,26,28);3H,1-2H3;1H4. The molecule has 0 unspecified atom stereocenters. The molecule has 20 nitrogen and oxygen atoms in total. The highest BCUT2D eigenvalue weighted by Crippen LogP contribution is 2.42. The Morgan fingerprint density at radius 2 is 0.925 bits per heavy atom. The Hall–Kier alpha value is -4.95. The van der Waals surface area contributed by atoms with Crippen molar-refractivity contribution in [1.29, 1.82) is 0 Å². The third kappa shape index (κ3) is 23.5. The topological polar surface area (TPSA) is 285 Å². The summed E-state index contributed by atoms with van der Waals surface area (Å²) in [6, 6.07) is 9.93. The van der Waals surface area contributed by atoms with E-state index in [0.717, 1.165) is 71.1 Å². The molecule has 6 rings (SSSR count). The second kappa shape index (κ2) is 30.4. The Balaban J connectivity index is 0.000000375. The van der Waals surface area contributed by atoms with Crippen LogP contribution in [0.5, 0.6) is 0 Å². The van der Waals surface area contributed by atoms with E-state index >= 15 is 0 Å². The molecule has 0 atom stereocenters. The second-order valence-corrected chi connectivity index (χ2v) is 28.3. The molecule has 2 heterocycles. The van der Waals surface area contributed by atoms with Crippen LogP contribution in [0.25, 0.3) is 20.9 Å². The maximum absolute atomic E-state index is 13.4. The van der Waals surface area contributed by atoms with Gasteiger partial charge in [0.1, 0.15) is 0 Å². The van der Waals surface area contributed by atoms with Gasteiger partial charge in [-0.05, 0) is 173 Å². The average Bonchev–Trinajstić information content (AvgIpc) is 3.99. The molecule has 25 heteroatoms. The number of hydrogen-bond acceptors (Lipinski definition) is 17. The van der Waals surface area contributed by atoms with E-state index in [-0.39, 0.29) is 59.6 Å². The number of carbonyl (C=O) groups is 4. The molecule has 0 bridgehead atoms. The summed E-state index contributed by atoms with van der Waals surface area (Å²) in [6.45, 7) is 24.7. The minimum absolute atomic E-state index is 0. The first-order chi connectivity index (χ1) is 36.6. The van der Waals surface area contributed by atoms with Crippen molar-refractivity contribution in [3.63, 3.8) is 0 Å². The highest BCUT2D eigenvalue weighted by molar-refractivity contribution is 7.90. The summed E-state index contributed by atoms with van der Waals surface area (Å²) >= 11 is 7.79. The minimum Gasteiger partial charge on any atom is -0.451 e. The van der Waals surface area contributed by atoms with Crippen LogP contribution in [-0.4, -0.2) is 98.1 Å². The fourth-order valence-electron chi connectivity index (χ4n) is 8.34. The summed E-state index contributed by atoms with van der Waals surface area (Å²) in [5, 5.41) is 10.1. The van der Waals surface area contributed by atoms with Crippen LogP contribution in [-0.2, 0) is 39.0 Å². The molecule has 2 aliphatic carbocycles. The lowest BCUT2D eigenvalue weighted by Gasteiger charge is -2.28. The van der Waals surface area contributed by atoms with Gasteiger partial charge in [-0.15, -0.1) is 22.7 Å². The zero-order chi connectivity index (χ0) is 59.2. The number of ether oxygens (including phenoxy) is 4. The monoisotopic (exact) mass is 1210 g/mol. The van der Waals surface area contributed by atoms with Gasteiger partial charge in [-0.2, -0.15) is 0 Å². The number of alkyl carbamates (subject to hydrolysis) is 1. The lowest BCUT2D eigenvalue weighted by Crippen LogP contribution is -2.40. The summed E-state index contributed by atoms with van der Waals surface area (Å²) in [4.78, 5) is 56.8. The molecule has 2 aliphatic rings. The number of aromatic nitrogens is 2. The van der Waals surface area contributed by atoms with Crippen LogP contribution in [0.4, 0.5) is 30.6 Å². The Morgan fingerprint density at radius 1 is 0.575 bits per heavy atom. The Labute approximate surface area is 487 Å². The molecule has 0 spiro atoms. The van der Waals surface area contributed by atoms with Crippen LogP contribution in [0.1, 0.15) is 178 Å². The normalized spacial score (nSPS) is 17.7. The second-order valence-electron chi connectivity index (χ2n) is 22.6. The number of thiazole rings is 2. The summed E-state index contributed by atoms with van der Waals surface area (Å²) in [5.41, 5.74) is 5.62. The Morgan fingerprint density at radius 3 is 1.25 bits per heavy atom. The number of carbonyl (C=O) groups excluding carboxylic acids is 4. The third-order valence-electron chi connectivity index (χ3n) is 11.4. The van der Waals surface area contributed by atoms with Gasteiger partial charge in [0.25, 0.3) is 0 Å². The molecule has 0 saturated heterocycles. The minimum atomic E-state index is -3.94. The summed E-state index contributed by atoms with van der Waals surface area (Å²) in [7, 11) is -7.82. The first-order valence-electron chi connectivity index (χ1n) is 26.4. The number of rotatable bonds is 15. The number of anilines is 2. The van der Waals surface area contributed by atoms with Crippen LogP contribution in [0, 0.1) is 0 Å². The van der Waals surface area contributed by atoms with Gasteiger partial charge in [-0.1, -0.05) is 19.6 Å². The SMILES string of the molecule is C.CC(C)OC(=O)Cl.CC(C)OC(=O)Nc1ccc(-c2cnc(C3CCC(N)CC3)s2)c(S(=O)(=O)NC(C)(C)C)c1.CC(C)OC(=O)Nc1ccc(-c2cnc(C3CCC(NC(=O)OC(C)C)CC3)s2)c(S(=O)(=O)NC(C)(C)C)c1.